The number of nitrogens with zero attached hydrogens (tertiary/aromatic N) is 2. The number of para-hydroxylation sites is 1. The Morgan fingerprint density at radius 2 is 1.67 bits per heavy atom. The molecule has 4 amide bonds. The molecule has 0 aliphatic carbocycles. The van der Waals surface area contributed by atoms with Gasteiger partial charge >= 0.3 is 6.03 Å². The fraction of sp³-hybridized carbons (Fsp3) is 0.375. The van der Waals surface area contributed by atoms with Gasteiger partial charge in [0.1, 0.15) is 0 Å². The minimum absolute atomic E-state index is 0.0966. The second kappa shape index (κ2) is 11.6. The monoisotopic (exact) mass is 471 g/mol. The van der Waals surface area contributed by atoms with Crippen LogP contribution in [-0.4, -0.2) is 62.0 Å². The van der Waals surface area contributed by atoms with E-state index < -0.39 is 6.03 Å². The maximum atomic E-state index is 12.5. The Kier molecular flexibility index (Phi) is 8.54. The van der Waals surface area contributed by atoms with Crippen molar-refractivity contribution in [3.63, 3.8) is 0 Å². The van der Waals surface area contributed by atoms with Crippen molar-refractivity contribution in [3.8, 4) is 0 Å². The number of carbonyl (C=O) groups is 3. The van der Waals surface area contributed by atoms with Gasteiger partial charge in [0.15, 0.2) is 0 Å². The van der Waals surface area contributed by atoms with Gasteiger partial charge in [-0.3, -0.25) is 9.59 Å². The molecule has 1 saturated heterocycles. The summed E-state index contributed by atoms with van der Waals surface area (Å²) in [4.78, 5) is 40.9. The Bertz CT molecular complexity index is 975. The van der Waals surface area contributed by atoms with Crippen LogP contribution in [0.2, 0.25) is 5.02 Å². The van der Waals surface area contributed by atoms with Crippen molar-refractivity contribution in [3.05, 3.63) is 59.1 Å². The van der Waals surface area contributed by atoms with Gasteiger partial charge in [-0.1, -0.05) is 43.6 Å². The minimum atomic E-state index is -0.514. The molecule has 0 aromatic heterocycles. The molecule has 0 saturated carbocycles. The lowest BCUT2D eigenvalue weighted by molar-refractivity contribution is -0.130. The van der Waals surface area contributed by atoms with E-state index in [-0.39, 0.29) is 23.4 Å². The van der Waals surface area contributed by atoms with Crippen LogP contribution in [0.15, 0.2) is 48.5 Å². The van der Waals surface area contributed by atoms with Crippen LogP contribution in [0.1, 0.15) is 24.2 Å². The van der Waals surface area contributed by atoms with Crippen molar-refractivity contribution < 1.29 is 14.4 Å². The highest BCUT2D eigenvalue weighted by Gasteiger charge is 2.21. The summed E-state index contributed by atoms with van der Waals surface area (Å²) in [7, 11) is 0. The van der Waals surface area contributed by atoms with Gasteiger partial charge < -0.3 is 25.8 Å². The lowest BCUT2D eigenvalue weighted by Crippen LogP contribution is -2.51. The second-order valence-corrected chi connectivity index (χ2v) is 8.72. The number of hydrogen-bond acceptors (Lipinski definition) is 4. The number of halogens is 1. The zero-order valence-electron chi connectivity index (χ0n) is 18.9. The molecule has 0 spiro atoms. The first-order valence-corrected chi connectivity index (χ1v) is 11.4. The van der Waals surface area contributed by atoms with Crippen molar-refractivity contribution in [2.75, 3.05) is 49.5 Å². The molecule has 1 aliphatic heterocycles. The average Bonchev–Trinajstić information content (AvgIpc) is 2.81. The fourth-order valence-electron chi connectivity index (χ4n) is 3.46. The van der Waals surface area contributed by atoms with E-state index >= 15 is 0 Å². The van der Waals surface area contributed by atoms with Crippen LogP contribution in [-0.2, 0) is 4.79 Å². The maximum absolute atomic E-state index is 12.5. The third-order valence-corrected chi connectivity index (χ3v) is 5.61. The highest BCUT2D eigenvalue weighted by Crippen LogP contribution is 2.21. The zero-order valence-corrected chi connectivity index (χ0v) is 19.7. The molecule has 0 atom stereocenters. The summed E-state index contributed by atoms with van der Waals surface area (Å²) in [5.41, 5.74) is 1.92. The first kappa shape index (κ1) is 24.4. The Balaban J connectivity index is 1.43. The number of amides is 4. The topological polar surface area (TPSA) is 93.8 Å². The standard InChI is InChI=1S/C24H30ClN5O3/c1-17(2)15-26-23(32)20-9-8-18(14-21(20)25)28-24(33)27-16-22(31)30-12-10-29(11-13-30)19-6-4-3-5-7-19/h3-9,14,17H,10-13,15-16H2,1-2H3,(H,26,32)(H2,27,28,33). The number of hydrogen-bond donors (Lipinski definition) is 3. The van der Waals surface area contributed by atoms with Crippen molar-refractivity contribution >= 4 is 40.8 Å². The summed E-state index contributed by atoms with van der Waals surface area (Å²) in [5.74, 6) is -0.0662. The summed E-state index contributed by atoms with van der Waals surface area (Å²) in [5, 5.41) is 8.27. The Hall–Kier alpha value is -3.26. The van der Waals surface area contributed by atoms with Crippen molar-refractivity contribution in [2.45, 2.75) is 13.8 Å². The highest BCUT2D eigenvalue weighted by molar-refractivity contribution is 6.34. The molecule has 1 fully saturated rings. The van der Waals surface area contributed by atoms with Crippen molar-refractivity contribution in [1.29, 1.82) is 0 Å². The number of piperazine rings is 1. The molecular formula is C24H30ClN5O3. The van der Waals surface area contributed by atoms with Gasteiger partial charge in [0, 0.05) is 44.1 Å². The molecule has 176 valence electrons. The number of benzene rings is 2. The molecule has 2 aromatic rings. The van der Waals surface area contributed by atoms with Gasteiger partial charge in [0.25, 0.3) is 5.91 Å². The summed E-state index contributed by atoms with van der Waals surface area (Å²) in [6.45, 7) is 7.16. The molecule has 8 nitrogen and oxygen atoms in total. The van der Waals surface area contributed by atoms with Crippen LogP contribution in [0.25, 0.3) is 0 Å². The summed E-state index contributed by atoms with van der Waals surface area (Å²) < 4.78 is 0. The molecule has 33 heavy (non-hydrogen) atoms. The van der Waals surface area contributed by atoms with Crippen molar-refractivity contribution in [1.82, 2.24) is 15.5 Å². The summed E-state index contributed by atoms with van der Waals surface area (Å²) >= 11 is 6.21. The number of nitrogens with one attached hydrogen (secondary N) is 3. The highest BCUT2D eigenvalue weighted by atomic mass is 35.5. The van der Waals surface area contributed by atoms with E-state index in [1.165, 1.54) is 6.07 Å². The Morgan fingerprint density at radius 3 is 2.30 bits per heavy atom. The predicted octanol–water partition coefficient (Wildman–Crippen LogP) is 3.20. The van der Waals surface area contributed by atoms with E-state index in [9.17, 15) is 14.4 Å². The van der Waals surface area contributed by atoms with E-state index in [2.05, 4.69) is 33.0 Å². The molecule has 0 radical (unpaired) electrons. The van der Waals surface area contributed by atoms with Crippen LogP contribution in [0, 0.1) is 5.92 Å². The third-order valence-electron chi connectivity index (χ3n) is 5.30. The lowest BCUT2D eigenvalue weighted by Gasteiger charge is -2.36. The van der Waals surface area contributed by atoms with Gasteiger partial charge in [-0.2, -0.15) is 0 Å². The second-order valence-electron chi connectivity index (χ2n) is 8.31. The molecule has 1 aliphatic rings. The number of carbonyl (C=O) groups excluding carboxylic acids is 3. The van der Waals surface area contributed by atoms with E-state index in [0.29, 0.717) is 36.8 Å². The molecule has 1 heterocycles. The van der Waals surface area contributed by atoms with Crippen LogP contribution < -0.4 is 20.9 Å². The summed E-state index contributed by atoms with van der Waals surface area (Å²) in [6.07, 6.45) is 0. The smallest absolute Gasteiger partial charge is 0.319 e. The number of anilines is 2. The van der Waals surface area contributed by atoms with E-state index in [4.69, 9.17) is 11.6 Å². The third kappa shape index (κ3) is 7.12. The zero-order chi connectivity index (χ0) is 23.8. The van der Waals surface area contributed by atoms with Gasteiger partial charge in [-0.25, -0.2) is 4.79 Å². The van der Waals surface area contributed by atoms with Crippen molar-refractivity contribution in [2.24, 2.45) is 5.92 Å². The molecule has 9 heteroatoms. The normalized spacial score (nSPS) is 13.6. The number of urea groups is 1. The van der Waals surface area contributed by atoms with E-state index in [0.717, 1.165) is 18.8 Å². The van der Waals surface area contributed by atoms with Crippen LogP contribution >= 0.6 is 11.6 Å². The predicted molar refractivity (Wildman–Crippen MR) is 131 cm³/mol. The lowest BCUT2D eigenvalue weighted by atomic mass is 10.1. The van der Waals surface area contributed by atoms with Crippen LogP contribution in [0.3, 0.4) is 0 Å². The van der Waals surface area contributed by atoms with Crippen LogP contribution in [0.4, 0.5) is 16.2 Å². The molecule has 0 bridgehead atoms. The van der Waals surface area contributed by atoms with Gasteiger partial charge in [-0.15, -0.1) is 0 Å². The minimum Gasteiger partial charge on any atom is -0.368 e. The van der Waals surface area contributed by atoms with E-state index in [1.54, 1.807) is 17.0 Å². The van der Waals surface area contributed by atoms with Gasteiger partial charge in [0.05, 0.1) is 17.1 Å². The Morgan fingerprint density at radius 1 is 0.970 bits per heavy atom. The first-order valence-electron chi connectivity index (χ1n) is 11.0. The molecule has 2 aromatic carbocycles. The van der Waals surface area contributed by atoms with Gasteiger partial charge in [0.2, 0.25) is 5.91 Å². The fourth-order valence-corrected chi connectivity index (χ4v) is 3.73. The average molecular weight is 472 g/mol. The molecule has 3 N–H and O–H groups in total. The largest absolute Gasteiger partial charge is 0.368 e. The van der Waals surface area contributed by atoms with Gasteiger partial charge in [-0.05, 0) is 36.2 Å². The summed E-state index contributed by atoms with van der Waals surface area (Å²) in [6, 6.07) is 14.2. The quantitative estimate of drug-likeness (QED) is 0.578. The maximum Gasteiger partial charge on any atom is 0.319 e. The van der Waals surface area contributed by atoms with Crippen LogP contribution in [0.5, 0.6) is 0 Å². The number of rotatable bonds is 7. The first-order chi connectivity index (χ1) is 15.8. The molecule has 0 unspecified atom stereocenters. The SMILES string of the molecule is CC(C)CNC(=O)c1ccc(NC(=O)NCC(=O)N2CCN(c3ccccc3)CC2)cc1Cl. The Labute approximate surface area is 199 Å². The molecule has 3 rings (SSSR count). The van der Waals surface area contributed by atoms with E-state index in [1.807, 2.05) is 32.0 Å². The molecular weight excluding hydrogens is 442 g/mol.